The van der Waals surface area contributed by atoms with Crippen molar-refractivity contribution in [3.63, 3.8) is 0 Å². The SMILES string of the molecule is O=C1c2[nH]nc(-c3ccccc3)c2C(c2ccc(F)cc2)N1c1ccccc1. The molecule has 0 bridgehead atoms. The van der Waals surface area contributed by atoms with Crippen LogP contribution in [-0.2, 0) is 0 Å². The van der Waals surface area contributed by atoms with Crippen LogP contribution in [0.2, 0.25) is 0 Å². The number of amides is 1. The first-order valence-corrected chi connectivity index (χ1v) is 9.02. The third-order valence-electron chi connectivity index (χ3n) is 5.04. The Labute approximate surface area is 161 Å². The van der Waals surface area contributed by atoms with E-state index in [0.29, 0.717) is 5.69 Å². The van der Waals surface area contributed by atoms with Gasteiger partial charge in [-0.25, -0.2) is 4.39 Å². The minimum Gasteiger partial charge on any atom is -0.295 e. The average Bonchev–Trinajstić information content (AvgIpc) is 3.29. The zero-order chi connectivity index (χ0) is 19.1. The number of para-hydroxylation sites is 1. The summed E-state index contributed by atoms with van der Waals surface area (Å²) in [5, 5.41) is 7.36. The number of carbonyl (C=O) groups is 1. The highest BCUT2D eigenvalue weighted by Gasteiger charge is 2.42. The van der Waals surface area contributed by atoms with Gasteiger partial charge in [0, 0.05) is 16.8 Å². The van der Waals surface area contributed by atoms with Gasteiger partial charge in [0.05, 0.1) is 11.7 Å². The molecule has 1 aromatic heterocycles. The van der Waals surface area contributed by atoms with Crippen molar-refractivity contribution in [2.45, 2.75) is 6.04 Å². The van der Waals surface area contributed by atoms with Gasteiger partial charge >= 0.3 is 0 Å². The van der Waals surface area contributed by atoms with Crippen molar-refractivity contribution in [1.29, 1.82) is 0 Å². The van der Waals surface area contributed by atoms with Gasteiger partial charge < -0.3 is 0 Å². The summed E-state index contributed by atoms with van der Waals surface area (Å²) in [6.07, 6.45) is 0. The van der Waals surface area contributed by atoms with Gasteiger partial charge in [-0.1, -0.05) is 60.7 Å². The van der Waals surface area contributed by atoms with Gasteiger partial charge in [-0.3, -0.25) is 14.8 Å². The maximum atomic E-state index is 13.6. The topological polar surface area (TPSA) is 49.0 Å². The fourth-order valence-corrected chi connectivity index (χ4v) is 3.78. The molecule has 0 fully saturated rings. The van der Waals surface area contributed by atoms with Crippen LogP contribution in [0.4, 0.5) is 10.1 Å². The molecule has 1 amide bonds. The molecule has 0 radical (unpaired) electrons. The summed E-state index contributed by atoms with van der Waals surface area (Å²) in [6, 6.07) is 25.1. The van der Waals surface area contributed by atoms with Crippen molar-refractivity contribution < 1.29 is 9.18 Å². The summed E-state index contributed by atoms with van der Waals surface area (Å²) in [7, 11) is 0. The molecular formula is C23H16FN3O. The van der Waals surface area contributed by atoms with Gasteiger partial charge in [-0.05, 0) is 29.8 Å². The van der Waals surface area contributed by atoms with Crippen molar-refractivity contribution in [3.8, 4) is 11.3 Å². The predicted molar refractivity (Wildman–Crippen MR) is 106 cm³/mol. The lowest BCUT2D eigenvalue weighted by Gasteiger charge is -2.26. The second-order valence-corrected chi connectivity index (χ2v) is 6.69. The molecule has 0 aliphatic carbocycles. The first-order valence-electron chi connectivity index (χ1n) is 9.02. The Bertz CT molecular complexity index is 1140. The molecule has 4 nitrogen and oxygen atoms in total. The summed E-state index contributed by atoms with van der Waals surface area (Å²) in [5.74, 6) is -0.458. The number of hydrogen-bond acceptors (Lipinski definition) is 2. The van der Waals surface area contributed by atoms with E-state index in [4.69, 9.17) is 0 Å². The molecule has 1 unspecified atom stereocenters. The molecule has 0 saturated carbocycles. The van der Waals surface area contributed by atoms with Gasteiger partial charge in [0.2, 0.25) is 0 Å². The Hall–Kier alpha value is -3.73. The Kier molecular flexibility index (Phi) is 3.79. The van der Waals surface area contributed by atoms with Crippen LogP contribution in [0, 0.1) is 5.82 Å². The first-order chi connectivity index (χ1) is 13.7. The van der Waals surface area contributed by atoms with E-state index in [0.717, 1.165) is 28.1 Å². The summed E-state index contributed by atoms with van der Waals surface area (Å²) < 4.78 is 13.6. The summed E-state index contributed by atoms with van der Waals surface area (Å²) in [6.45, 7) is 0. The minimum atomic E-state index is -0.389. The minimum absolute atomic E-state index is 0.148. The Balaban J connectivity index is 1.73. The van der Waals surface area contributed by atoms with Gasteiger partial charge in [0.25, 0.3) is 5.91 Å². The zero-order valence-electron chi connectivity index (χ0n) is 14.8. The number of hydrogen-bond donors (Lipinski definition) is 1. The summed E-state index contributed by atoms with van der Waals surface area (Å²) in [5.41, 5.74) is 4.55. The number of fused-ring (bicyclic) bond motifs is 1. The number of nitrogens with one attached hydrogen (secondary N) is 1. The van der Waals surface area contributed by atoms with Crippen LogP contribution < -0.4 is 4.90 Å². The number of halogens is 1. The normalized spacial score (nSPS) is 15.7. The Morgan fingerprint density at radius 2 is 1.50 bits per heavy atom. The lowest BCUT2D eigenvalue weighted by Crippen LogP contribution is -2.29. The fourth-order valence-electron chi connectivity index (χ4n) is 3.78. The quantitative estimate of drug-likeness (QED) is 0.554. The molecule has 1 aliphatic heterocycles. The standard InChI is InChI=1S/C23H16FN3O/c24-17-13-11-16(12-14-17)22-19-20(15-7-3-1-4-8-15)25-26-21(19)23(28)27(22)18-9-5-2-6-10-18/h1-14,22H,(H,25,26). The van der Waals surface area contributed by atoms with Gasteiger partial charge in [-0.15, -0.1) is 0 Å². The van der Waals surface area contributed by atoms with Gasteiger partial charge in [0.15, 0.2) is 0 Å². The molecule has 2 heterocycles. The van der Waals surface area contributed by atoms with Crippen LogP contribution in [-0.4, -0.2) is 16.1 Å². The molecule has 136 valence electrons. The van der Waals surface area contributed by atoms with Gasteiger partial charge in [-0.2, -0.15) is 5.10 Å². The van der Waals surface area contributed by atoms with Crippen LogP contribution in [0.25, 0.3) is 11.3 Å². The second-order valence-electron chi connectivity index (χ2n) is 6.69. The van der Waals surface area contributed by atoms with Gasteiger partial charge in [0.1, 0.15) is 11.5 Å². The monoisotopic (exact) mass is 369 g/mol. The molecule has 1 N–H and O–H groups in total. The summed E-state index contributed by atoms with van der Waals surface area (Å²) in [4.78, 5) is 15.0. The Morgan fingerprint density at radius 3 is 2.18 bits per heavy atom. The molecule has 5 heteroatoms. The smallest absolute Gasteiger partial charge is 0.277 e. The molecule has 3 aromatic carbocycles. The first kappa shape index (κ1) is 16.4. The maximum absolute atomic E-state index is 13.6. The van der Waals surface area contributed by atoms with E-state index >= 15 is 0 Å². The number of aromatic nitrogens is 2. The highest BCUT2D eigenvalue weighted by Crippen LogP contribution is 2.44. The van der Waals surface area contributed by atoms with Crippen molar-refractivity contribution >= 4 is 11.6 Å². The molecule has 1 atom stereocenters. The van der Waals surface area contributed by atoms with Crippen LogP contribution in [0.5, 0.6) is 0 Å². The molecule has 1 aliphatic rings. The Morgan fingerprint density at radius 1 is 0.857 bits per heavy atom. The zero-order valence-corrected chi connectivity index (χ0v) is 14.8. The van der Waals surface area contributed by atoms with E-state index in [1.54, 1.807) is 17.0 Å². The van der Waals surface area contributed by atoms with E-state index in [2.05, 4.69) is 10.2 Å². The lowest BCUT2D eigenvalue weighted by atomic mass is 9.96. The van der Waals surface area contributed by atoms with Crippen molar-refractivity contribution in [2.24, 2.45) is 0 Å². The van der Waals surface area contributed by atoms with Crippen LogP contribution >= 0.6 is 0 Å². The predicted octanol–water partition coefficient (Wildman–Crippen LogP) is 4.97. The van der Waals surface area contributed by atoms with E-state index in [1.807, 2.05) is 60.7 Å². The van der Waals surface area contributed by atoms with Crippen LogP contribution in [0.15, 0.2) is 84.9 Å². The van der Waals surface area contributed by atoms with Crippen molar-refractivity contribution in [1.82, 2.24) is 10.2 Å². The molecule has 0 saturated heterocycles. The average molecular weight is 369 g/mol. The van der Waals surface area contributed by atoms with Crippen LogP contribution in [0.1, 0.15) is 27.7 Å². The van der Waals surface area contributed by atoms with Crippen molar-refractivity contribution in [3.05, 3.63) is 108 Å². The largest absolute Gasteiger partial charge is 0.295 e. The highest BCUT2D eigenvalue weighted by molar-refractivity contribution is 6.11. The maximum Gasteiger partial charge on any atom is 0.277 e. The fraction of sp³-hybridized carbons (Fsp3) is 0.0435. The number of rotatable bonds is 3. The van der Waals surface area contributed by atoms with Crippen molar-refractivity contribution in [2.75, 3.05) is 4.90 Å². The number of carbonyl (C=O) groups excluding carboxylic acids is 1. The van der Waals surface area contributed by atoms with E-state index < -0.39 is 0 Å². The third kappa shape index (κ3) is 2.52. The highest BCUT2D eigenvalue weighted by atomic mass is 19.1. The van der Waals surface area contributed by atoms with E-state index in [-0.39, 0.29) is 17.8 Å². The molecule has 28 heavy (non-hydrogen) atoms. The number of nitrogens with zero attached hydrogens (tertiary/aromatic N) is 2. The lowest BCUT2D eigenvalue weighted by molar-refractivity contribution is 0.0989. The molecular weight excluding hydrogens is 353 g/mol. The van der Waals surface area contributed by atoms with E-state index in [9.17, 15) is 9.18 Å². The molecule has 4 aromatic rings. The molecule has 0 spiro atoms. The number of aromatic amines is 1. The molecule has 5 rings (SSSR count). The van der Waals surface area contributed by atoms with Crippen LogP contribution in [0.3, 0.4) is 0 Å². The second kappa shape index (κ2) is 6.46. The third-order valence-corrected chi connectivity index (χ3v) is 5.04. The number of benzene rings is 3. The number of H-pyrrole nitrogens is 1. The number of anilines is 1. The van der Waals surface area contributed by atoms with E-state index in [1.165, 1.54) is 12.1 Å². The summed E-state index contributed by atoms with van der Waals surface area (Å²) >= 11 is 0.